The second-order valence-electron chi connectivity index (χ2n) is 6.28. The molecule has 1 aromatic heterocycles. The summed E-state index contributed by atoms with van der Waals surface area (Å²) in [5, 5.41) is 3.73. The normalized spacial score (nSPS) is 26.3. The van der Waals surface area contributed by atoms with Crippen molar-refractivity contribution in [2.45, 2.75) is 19.4 Å². The number of aryl methyl sites for hydroxylation is 1. The summed E-state index contributed by atoms with van der Waals surface area (Å²) in [6.45, 7) is 5.39. The largest absolute Gasteiger partial charge is 0.346 e. The van der Waals surface area contributed by atoms with E-state index in [1.165, 1.54) is 29.9 Å². The van der Waals surface area contributed by atoms with Gasteiger partial charge < -0.3 is 10.2 Å². The smallest absolute Gasteiger partial charge is 0.280 e. The molecule has 2 saturated heterocycles. The molecule has 0 radical (unpaired) electrons. The zero-order chi connectivity index (χ0) is 15.1. The lowest BCUT2D eigenvalue weighted by atomic mass is 10.0. The van der Waals surface area contributed by atoms with Crippen molar-refractivity contribution in [3.05, 3.63) is 41.0 Å². The lowest BCUT2D eigenvalue weighted by Gasteiger charge is -2.22. The Morgan fingerprint density at radius 3 is 2.82 bits per heavy atom. The highest BCUT2D eigenvalue weighted by atomic mass is 32.1. The third-order valence-electron chi connectivity index (χ3n) is 4.69. The van der Waals surface area contributed by atoms with Crippen molar-refractivity contribution < 1.29 is 4.79 Å². The molecule has 2 bridgehead atoms. The Bertz CT molecular complexity index is 694. The van der Waals surface area contributed by atoms with Gasteiger partial charge in [-0.2, -0.15) is 0 Å². The molecule has 2 aliphatic rings. The third-order valence-corrected chi connectivity index (χ3v) is 5.73. The van der Waals surface area contributed by atoms with Crippen LogP contribution in [0.2, 0.25) is 0 Å². The van der Waals surface area contributed by atoms with Gasteiger partial charge in [0, 0.05) is 25.3 Å². The maximum atomic E-state index is 12.4. The number of fused-ring (bicyclic) bond motifs is 2. The van der Waals surface area contributed by atoms with Crippen molar-refractivity contribution in [3.8, 4) is 10.4 Å². The van der Waals surface area contributed by atoms with E-state index in [0.717, 1.165) is 23.5 Å². The molecule has 1 amide bonds. The molecule has 3 heterocycles. The number of nitrogens with one attached hydrogen (secondary N) is 1. The van der Waals surface area contributed by atoms with E-state index < -0.39 is 0 Å². The zero-order valence-electron chi connectivity index (χ0n) is 12.6. The van der Waals surface area contributed by atoms with Gasteiger partial charge in [0.15, 0.2) is 5.01 Å². The maximum Gasteiger partial charge on any atom is 0.280 e. The first-order valence-corrected chi connectivity index (χ1v) is 8.57. The van der Waals surface area contributed by atoms with E-state index in [0.29, 0.717) is 17.0 Å². The molecule has 114 valence electrons. The van der Waals surface area contributed by atoms with Crippen LogP contribution in [0, 0.1) is 12.8 Å². The Balaban J connectivity index is 1.46. The molecule has 4 rings (SSSR count). The molecule has 0 spiro atoms. The standard InChI is InChI=1S/C17H19N3OS/c1-11-2-4-12(5-3-11)15-8-18-17(22-15)16(21)19-14-10-20-7-6-13(14)9-20/h2-5,8,13-14H,6-7,9-10H2,1H3,(H,19,21)/t13-,14?/m0/s1. The summed E-state index contributed by atoms with van der Waals surface area (Å²) in [5.74, 6) is 0.600. The number of thiazole rings is 1. The number of hydrogen-bond acceptors (Lipinski definition) is 4. The number of hydrogen-bond donors (Lipinski definition) is 1. The fourth-order valence-corrected chi connectivity index (χ4v) is 4.23. The number of amides is 1. The molecule has 4 nitrogen and oxygen atoms in total. The van der Waals surface area contributed by atoms with Crippen molar-refractivity contribution in [2.24, 2.45) is 5.92 Å². The lowest BCUT2D eigenvalue weighted by molar-refractivity contribution is 0.0924. The molecule has 5 heteroatoms. The second kappa shape index (κ2) is 5.48. The Labute approximate surface area is 134 Å². The van der Waals surface area contributed by atoms with Crippen LogP contribution in [0.5, 0.6) is 0 Å². The second-order valence-corrected chi connectivity index (χ2v) is 7.31. The number of carbonyl (C=O) groups is 1. The van der Waals surface area contributed by atoms with Crippen LogP contribution in [-0.4, -0.2) is 41.5 Å². The number of piperidine rings is 1. The van der Waals surface area contributed by atoms with Crippen LogP contribution in [0.1, 0.15) is 21.8 Å². The molecule has 0 saturated carbocycles. The number of nitrogens with zero attached hydrogens (tertiary/aromatic N) is 2. The van der Waals surface area contributed by atoms with Gasteiger partial charge in [0.25, 0.3) is 5.91 Å². The van der Waals surface area contributed by atoms with Crippen LogP contribution in [-0.2, 0) is 0 Å². The highest BCUT2D eigenvalue weighted by Gasteiger charge is 2.38. The van der Waals surface area contributed by atoms with Crippen LogP contribution in [0.3, 0.4) is 0 Å². The minimum atomic E-state index is -0.0258. The first-order chi connectivity index (χ1) is 10.7. The molecule has 1 N–H and O–H groups in total. The van der Waals surface area contributed by atoms with E-state index in [-0.39, 0.29) is 5.91 Å². The van der Waals surface area contributed by atoms with Gasteiger partial charge in [0.2, 0.25) is 0 Å². The first kappa shape index (κ1) is 13.9. The number of rotatable bonds is 3. The summed E-state index contributed by atoms with van der Waals surface area (Å²) in [4.78, 5) is 20.2. The van der Waals surface area contributed by atoms with Crippen LogP contribution in [0.4, 0.5) is 0 Å². The lowest BCUT2D eigenvalue weighted by Crippen LogP contribution is -2.43. The van der Waals surface area contributed by atoms with E-state index in [2.05, 4.69) is 46.4 Å². The van der Waals surface area contributed by atoms with E-state index in [1.807, 2.05) is 0 Å². The third kappa shape index (κ3) is 2.55. The predicted molar refractivity (Wildman–Crippen MR) is 88.1 cm³/mol. The Morgan fingerprint density at radius 1 is 1.32 bits per heavy atom. The zero-order valence-corrected chi connectivity index (χ0v) is 13.4. The van der Waals surface area contributed by atoms with Crippen LogP contribution < -0.4 is 5.32 Å². The number of aromatic nitrogens is 1. The fourth-order valence-electron chi connectivity index (χ4n) is 3.41. The molecule has 2 aromatic rings. The maximum absolute atomic E-state index is 12.4. The average molecular weight is 313 g/mol. The highest BCUT2D eigenvalue weighted by Crippen LogP contribution is 2.29. The Morgan fingerprint density at radius 2 is 2.14 bits per heavy atom. The summed E-state index contributed by atoms with van der Waals surface area (Å²) in [5.41, 5.74) is 2.35. The van der Waals surface area contributed by atoms with Gasteiger partial charge in [-0.1, -0.05) is 29.8 Å². The molecular formula is C17H19N3OS. The monoisotopic (exact) mass is 313 g/mol. The van der Waals surface area contributed by atoms with Crippen molar-refractivity contribution in [1.29, 1.82) is 0 Å². The summed E-state index contributed by atoms with van der Waals surface area (Å²) in [6, 6.07) is 8.62. The molecule has 2 unspecified atom stereocenters. The summed E-state index contributed by atoms with van der Waals surface area (Å²) in [7, 11) is 0. The van der Waals surface area contributed by atoms with Crippen molar-refractivity contribution in [2.75, 3.05) is 19.6 Å². The molecule has 2 fully saturated rings. The van der Waals surface area contributed by atoms with Crippen LogP contribution >= 0.6 is 11.3 Å². The molecule has 0 aliphatic carbocycles. The van der Waals surface area contributed by atoms with Gasteiger partial charge in [-0.05, 0) is 31.4 Å². The van der Waals surface area contributed by atoms with Gasteiger partial charge in [-0.15, -0.1) is 11.3 Å². The Kier molecular flexibility index (Phi) is 3.47. The Hall–Kier alpha value is -1.72. The minimum absolute atomic E-state index is 0.0258. The van der Waals surface area contributed by atoms with Gasteiger partial charge in [-0.3, -0.25) is 4.79 Å². The van der Waals surface area contributed by atoms with Gasteiger partial charge in [0.05, 0.1) is 4.88 Å². The first-order valence-electron chi connectivity index (χ1n) is 7.75. The quantitative estimate of drug-likeness (QED) is 0.947. The number of carbonyl (C=O) groups excluding carboxylic acids is 1. The number of benzene rings is 1. The SMILES string of the molecule is Cc1ccc(-c2cnc(C(=O)NC3CN4CC[C@H]3C4)s2)cc1. The average Bonchev–Trinajstić information content (AvgIpc) is 3.24. The van der Waals surface area contributed by atoms with E-state index in [1.54, 1.807) is 6.20 Å². The molecule has 2 aliphatic heterocycles. The van der Waals surface area contributed by atoms with E-state index >= 15 is 0 Å². The minimum Gasteiger partial charge on any atom is -0.346 e. The van der Waals surface area contributed by atoms with Crippen LogP contribution in [0.25, 0.3) is 10.4 Å². The summed E-state index contributed by atoms with van der Waals surface area (Å²) < 4.78 is 0. The molecular weight excluding hydrogens is 294 g/mol. The molecule has 22 heavy (non-hydrogen) atoms. The fraction of sp³-hybridized carbons (Fsp3) is 0.412. The van der Waals surface area contributed by atoms with Gasteiger partial charge in [-0.25, -0.2) is 4.98 Å². The van der Waals surface area contributed by atoms with E-state index in [9.17, 15) is 4.79 Å². The van der Waals surface area contributed by atoms with Gasteiger partial charge in [0.1, 0.15) is 0 Å². The summed E-state index contributed by atoms with van der Waals surface area (Å²) in [6.07, 6.45) is 3.01. The van der Waals surface area contributed by atoms with Crippen molar-refractivity contribution >= 4 is 17.2 Å². The van der Waals surface area contributed by atoms with Gasteiger partial charge >= 0.3 is 0 Å². The van der Waals surface area contributed by atoms with Crippen LogP contribution in [0.15, 0.2) is 30.5 Å². The van der Waals surface area contributed by atoms with Crippen molar-refractivity contribution in [3.63, 3.8) is 0 Å². The topological polar surface area (TPSA) is 45.2 Å². The van der Waals surface area contributed by atoms with E-state index in [4.69, 9.17) is 0 Å². The highest BCUT2D eigenvalue weighted by molar-refractivity contribution is 7.16. The predicted octanol–water partition coefficient (Wildman–Crippen LogP) is 2.55. The van der Waals surface area contributed by atoms with Crippen molar-refractivity contribution in [1.82, 2.24) is 15.2 Å². The molecule has 3 atom stereocenters. The summed E-state index contributed by atoms with van der Waals surface area (Å²) >= 11 is 1.47. The molecule has 1 aromatic carbocycles.